The van der Waals surface area contributed by atoms with E-state index in [9.17, 15) is 22.8 Å². The lowest BCUT2D eigenvalue weighted by atomic mass is 10.1. The van der Waals surface area contributed by atoms with E-state index in [0.29, 0.717) is 21.5 Å². The van der Waals surface area contributed by atoms with Gasteiger partial charge >= 0.3 is 11.7 Å². The number of aryl methyl sites for hydroxylation is 1. The Hall–Kier alpha value is -2.92. The minimum Gasteiger partial charge on any atom is -0.462 e. The molecule has 0 unspecified atom stereocenters. The van der Waals surface area contributed by atoms with Crippen LogP contribution in [0.15, 0.2) is 33.5 Å². The number of fused-ring (bicyclic) bond motifs is 2. The molecule has 0 fully saturated rings. The van der Waals surface area contributed by atoms with Crippen LogP contribution in [-0.4, -0.2) is 37.2 Å². The lowest BCUT2D eigenvalue weighted by molar-refractivity contribution is -0.116. The number of nitrogens with one attached hydrogen (secondary N) is 1. The van der Waals surface area contributed by atoms with E-state index in [2.05, 4.69) is 5.32 Å². The van der Waals surface area contributed by atoms with Gasteiger partial charge in [0, 0.05) is 17.8 Å². The van der Waals surface area contributed by atoms with E-state index in [1.807, 2.05) is 0 Å². The van der Waals surface area contributed by atoms with E-state index in [-0.39, 0.29) is 48.1 Å². The summed E-state index contributed by atoms with van der Waals surface area (Å²) in [7, 11) is -3.23. The van der Waals surface area contributed by atoms with Crippen molar-refractivity contribution in [1.29, 1.82) is 0 Å². The summed E-state index contributed by atoms with van der Waals surface area (Å²) in [6, 6.07) is 6.91. The number of amides is 1. The van der Waals surface area contributed by atoms with Crippen molar-refractivity contribution in [3.63, 3.8) is 0 Å². The summed E-state index contributed by atoms with van der Waals surface area (Å²) in [5.41, 5.74) is 1.86. The van der Waals surface area contributed by atoms with Gasteiger partial charge in [0.15, 0.2) is 15.4 Å². The third kappa shape index (κ3) is 4.28. The molecular weight excluding hydrogens is 444 g/mol. The van der Waals surface area contributed by atoms with Gasteiger partial charge in [0.25, 0.3) is 0 Å². The van der Waals surface area contributed by atoms with Crippen molar-refractivity contribution in [3.8, 4) is 0 Å². The highest BCUT2D eigenvalue weighted by Crippen LogP contribution is 2.38. The molecule has 31 heavy (non-hydrogen) atoms. The number of esters is 1. The van der Waals surface area contributed by atoms with Crippen LogP contribution < -0.4 is 11.1 Å². The predicted molar refractivity (Wildman–Crippen MR) is 115 cm³/mol. The van der Waals surface area contributed by atoms with Crippen LogP contribution >= 0.6 is 11.3 Å². The normalized spacial score (nSPS) is 14.9. The molecule has 0 atom stereocenters. The number of aromatic nitrogens is 1. The molecule has 164 valence electrons. The number of carbonyl (C=O) groups is 2. The maximum Gasteiger partial charge on any atom is 0.419 e. The third-order valence-corrected chi connectivity index (χ3v) is 7.86. The van der Waals surface area contributed by atoms with E-state index in [4.69, 9.17) is 9.15 Å². The smallest absolute Gasteiger partial charge is 0.419 e. The number of hydrogen-bond acceptors (Lipinski definition) is 8. The Morgan fingerprint density at radius 2 is 2.06 bits per heavy atom. The standard InChI is InChI=1S/C20H20N2O7S2/c1-2-28-19(24)17-12-8-10-31(26,27)11-15(12)30-18(17)21-16(23)7-9-22-13-5-3-4-6-14(13)29-20(22)25/h3-6H,2,7-11H2,1H3,(H,21,23). The van der Waals surface area contributed by atoms with Gasteiger partial charge in [-0.3, -0.25) is 9.36 Å². The van der Waals surface area contributed by atoms with Crippen molar-refractivity contribution in [2.75, 3.05) is 17.7 Å². The maximum atomic E-state index is 12.6. The number of ether oxygens (including phenoxy) is 1. The van der Waals surface area contributed by atoms with Crippen molar-refractivity contribution in [1.82, 2.24) is 4.57 Å². The number of sulfone groups is 1. The fourth-order valence-corrected chi connectivity index (χ4v) is 6.61. The molecule has 1 aliphatic rings. The summed E-state index contributed by atoms with van der Waals surface area (Å²) in [6.45, 7) is 1.92. The molecular formula is C20H20N2O7S2. The van der Waals surface area contributed by atoms with Crippen LogP contribution in [0.3, 0.4) is 0 Å². The second-order valence-electron chi connectivity index (χ2n) is 7.06. The second kappa shape index (κ2) is 8.31. The summed E-state index contributed by atoms with van der Waals surface area (Å²) in [4.78, 5) is 37.7. The highest BCUT2D eigenvalue weighted by atomic mass is 32.2. The lowest BCUT2D eigenvalue weighted by Gasteiger charge is -2.13. The first kappa shape index (κ1) is 21.3. The molecule has 0 bridgehead atoms. The maximum absolute atomic E-state index is 12.6. The average molecular weight is 465 g/mol. The van der Waals surface area contributed by atoms with E-state index in [0.717, 1.165) is 11.3 Å². The number of rotatable bonds is 6. The van der Waals surface area contributed by atoms with Gasteiger partial charge in [-0.25, -0.2) is 18.0 Å². The minimum atomic E-state index is -3.23. The van der Waals surface area contributed by atoms with Gasteiger partial charge in [0.05, 0.1) is 29.2 Å². The summed E-state index contributed by atoms with van der Waals surface area (Å²) < 4.78 is 35.6. The molecule has 9 nitrogen and oxygen atoms in total. The van der Waals surface area contributed by atoms with Gasteiger partial charge < -0.3 is 14.5 Å². The molecule has 2 aromatic heterocycles. The van der Waals surface area contributed by atoms with E-state index < -0.39 is 27.5 Å². The molecule has 0 spiro atoms. The minimum absolute atomic E-state index is 0.0352. The Balaban J connectivity index is 1.56. The van der Waals surface area contributed by atoms with Crippen LogP contribution in [0, 0.1) is 0 Å². The van der Waals surface area contributed by atoms with Crippen molar-refractivity contribution in [2.45, 2.75) is 32.1 Å². The molecule has 1 amide bonds. The quantitative estimate of drug-likeness (QED) is 0.555. The second-order valence-corrected chi connectivity index (χ2v) is 10.3. The van der Waals surface area contributed by atoms with Gasteiger partial charge in [-0.2, -0.15) is 0 Å². The van der Waals surface area contributed by atoms with E-state index >= 15 is 0 Å². The molecule has 1 aromatic carbocycles. The highest BCUT2D eigenvalue weighted by Gasteiger charge is 2.32. The SMILES string of the molecule is CCOC(=O)c1c(NC(=O)CCn2c(=O)oc3ccccc32)sc2c1CCS(=O)(=O)C2. The van der Waals surface area contributed by atoms with Crippen LogP contribution in [0.1, 0.15) is 34.1 Å². The van der Waals surface area contributed by atoms with Crippen LogP contribution in [0.4, 0.5) is 5.00 Å². The monoisotopic (exact) mass is 464 g/mol. The predicted octanol–water partition coefficient (Wildman–Crippen LogP) is 2.33. The van der Waals surface area contributed by atoms with Gasteiger partial charge in [-0.05, 0) is 31.0 Å². The topological polar surface area (TPSA) is 125 Å². The first-order chi connectivity index (χ1) is 14.8. The first-order valence-corrected chi connectivity index (χ1v) is 12.3. The zero-order valence-electron chi connectivity index (χ0n) is 16.7. The van der Waals surface area contributed by atoms with Gasteiger partial charge in [0.2, 0.25) is 5.91 Å². The molecule has 0 radical (unpaired) electrons. The number of carbonyl (C=O) groups excluding carboxylic acids is 2. The van der Waals surface area contributed by atoms with Crippen LogP contribution in [0.25, 0.3) is 11.1 Å². The van der Waals surface area contributed by atoms with Gasteiger partial charge in [-0.1, -0.05) is 12.1 Å². The highest BCUT2D eigenvalue weighted by molar-refractivity contribution is 7.90. The average Bonchev–Trinajstić information content (AvgIpc) is 3.21. The van der Waals surface area contributed by atoms with Crippen molar-refractivity contribution in [3.05, 3.63) is 50.8 Å². The fraction of sp³-hybridized carbons (Fsp3) is 0.350. The van der Waals surface area contributed by atoms with E-state index in [1.165, 1.54) is 4.57 Å². The number of oxazole rings is 1. The Bertz CT molecular complexity index is 1330. The number of hydrogen-bond donors (Lipinski definition) is 1. The van der Waals surface area contributed by atoms with Crippen LogP contribution in [0.5, 0.6) is 0 Å². The number of thiophene rings is 1. The van der Waals surface area contributed by atoms with Crippen LogP contribution in [0.2, 0.25) is 0 Å². The number of para-hydroxylation sites is 2. The summed E-state index contributed by atoms with van der Waals surface area (Å²) >= 11 is 1.08. The summed E-state index contributed by atoms with van der Waals surface area (Å²) in [5, 5.41) is 2.98. The molecule has 0 aliphatic carbocycles. The van der Waals surface area contributed by atoms with Crippen molar-refractivity contribution in [2.24, 2.45) is 0 Å². The molecule has 3 heterocycles. The summed E-state index contributed by atoms with van der Waals surface area (Å²) in [5.74, 6) is -1.77. The largest absolute Gasteiger partial charge is 0.462 e. The van der Waals surface area contributed by atoms with Gasteiger partial charge in [0.1, 0.15) is 5.00 Å². The number of benzene rings is 1. The molecule has 1 aliphatic heterocycles. The molecule has 3 aromatic rings. The lowest BCUT2D eigenvalue weighted by Crippen LogP contribution is -2.21. The zero-order valence-corrected chi connectivity index (χ0v) is 18.3. The van der Waals surface area contributed by atoms with Crippen molar-refractivity contribution >= 4 is 49.2 Å². The zero-order chi connectivity index (χ0) is 22.2. The van der Waals surface area contributed by atoms with Crippen LogP contribution in [-0.2, 0) is 38.1 Å². The number of anilines is 1. The third-order valence-electron chi connectivity index (χ3n) is 4.97. The Morgan fingerprint density at radius 1 is 1.29 bits per heavy atom. The molecule has 1 N–H and O–H groups in total. The summed E-state index contributed by atoms with van der Waals surface area (Å²) in [6.07, 6.45) is 0.168. The molecule has 4 rings (SSSR count). The Labute approximate surface area is 181 Å². The molecule has 0 saturated carbocycles. The first-order valence-electron chi connectivity index (χ1n) is 9.69. The Morgan fingerprint density at radius 3 is 2.84 bits per heavy atom. The molecule has 11 heteroatoms. The number of nitrogens with zero attached hydrogens (tertiary/aromatic N) is 1. The van der Waals surface area contributed by atoms with Gasteiger partial charge in [-0.15, -0.1) is 11.3 Å². The molecule has 0 saturated heterocycles. The van der Waals surface area contributed by atoms with E-state index in [1.54, 1.807) is 31.2 Å². The fourth-order valence-electron chi connectivity index (χ4n) is 3.56. The van der Waals surface area contributed by atoms with Crippen molar-refractivity contribution < 1.29 is 27.2 Å². The Kier molecular flexibility index (Phi) is 5.71.